The van der Waals surface area contributed by atoms with Gasteiger partial charge in [-0.3, -0.25) is 4.79 Å². The molecule has 1 aromatic rings. The molecule has 0 aromatic carbocycles. The zero-order chi connectivity index (χ0) is 15.2. The Hall–Kier alpha value is -1.58. The van der Waals surface area contributed by atoms with Crippen LogP contribution in [0, 0.1) is 5.92 Å². The van der Waals surface area contributed by atoms with E-state index in [-0.39, 0.29) is 5.91 Å². The number of amides is 1. The minimum Gasteiger partial charge on any atom is -0.370 e. The fraction of sp³-hybridized carbons (Fsp3) is 0.647. The molecule has 1 fully saturated rings. The number of hydrogen-bond acceptors (Lipinski definition) is 3. The van der Waals surface area contributed by atoms with Gasteiger partial charge in [-0.25, -0.2) is 4.98 Å². The second kappa shape index (κ2) is 7.43. The second-order valence-corrected chi connectivity index (χ2v) is 6.27. The topological polar surface area (TPSA) is 45.2 Å². The average Bonchev–Trinajstić information content (AvgIpc) is 3.30. The highest BCUT2D eigenvalue weighted by molar-refractivity contribution is 5.94. The van der Waals surface area contributed by atoms with E-state index in [4.69, 9.17) is 0 Å². The van der Waals surface area contributed by atoms with Crippen molar-refractivity contribution in [2.45, 2.75) is 52.5 Å². The molecule has 21 heavy (non-hydrogen) atoms. The number of anilines is 1. The predicted molar refractivity (Wildman–Crippen MR) is 86.5 cm³/mol. The smallest absolute Gasteiger partial charge is 0.255 e. The monoisotopic (exact) mass is 289 g/mol. The number of carbonyl (C=O) groups is 1. The van der Waals surface area contributed by atoms with Gasteiger partial charge in [0.25, 0.3) is 5.91 Å². The van der Waals surface area contributed by atoms with E-state index in [1.165, 1.54) is 0 Å². The number of aromatic nitrogens is 1. The molecule has 1 heterocycles. The summed E-state index contributed by atoms with van der Waals surface area (Å²) in [5.74, 6) is 1.60. The number of pyridine rings is 1. The van der Waals surface area contributed by atoms with Gasteiger partial charge in [0.1, 0.15) is 5.82 Å². The standard InChI is InChI=1S/C17H27N3O/c1-4-10-18-16-8-5-14(12-19-16)17(21)20(15-6-7-15)11-9-13(2)3/h5,8,12-13,15H,4,6-7,9-11H2,1-3H3,(H,18,19). The first-order chi connectivity index (χ1) is 10.1. The van der Waals surface area contributed by atoms with Crippen LogP contribution < -0.4 is 5.32 Å². The fourth-order valence-corrected chi connectivity index (χ4v) is 2.28. The number of rotatable bonds is 8. The van der Waals surface area contributed by atoms with Crippen molar-refractivity contribution in [2.75, 3.05) is 18.4 Å². The molecule has 1 aliphatic rings. The Morgan fingerprint density at radius 1 is 1.43 bits per heavy atom. The maximum absolute atomic E-state index is 12.6. The molecule has 0 aliphatic heterocycles. The highest BCUT2D eigenvalue weighted by Crippen LogP contribution is 2.29. The summed E-state index contributed by atoms with van der Waals surface area (Å²) < 4.78 is 0. The van der Waals surface area contributed by atoms with Gasteiger partial charge in [-0.05, 0) is 43.7 Å². The Morgan fingerprint density at radius 3 is 2.71 bits per heavy atom. The van der Waals surface area contributed by atoms with Gasteiger partial charge >= 0.3 is 0 Å². The van der Waals surface area contributed by atoms with E-state index in [0.29, 0.717) is 17.5 Å². The third-order valence-electron chi connectivity index (χ3n) is 3.76. The Kier molecular flexibility index (Phi) is 5.59. The van der Waals surface area contributed by atoms with Crippen LogP contribution in [0.15, 0.2) is 18.3 Å². The van der Waals surface area contributed by atoms with Crippen LogP contribution >= 0.6 is 0 Å². The van der Waals surface area contributed by atoms with Crippen molar-refractivity contribution in [3.8, 4) is 0 Å². The van der Waals surface area contributed by atoms with Crippen molar-refractivity contribution in [3.05, 3.63) is 23.9 Å². The number of nitrogens with one attached hydrogen (secondary N) is 1. The zero-order valence-corrected chi connectivity index (χ0v) is 13.4. The van der Waals surface area contributed by atoms with Gasteiger partial charge in [-0.2, -0.15) is 0 Å². The highest BCUT2D eigenvalue weighted by atomic mass is 16.2. The Morgan fingerprint density at radius 2 is 2.19 bits per heavy atom. The van der Waals surface area contributed by atoms with Crippen LogP contribution in [-0.4, -0.2) is 34.9 Å². The average molecular weight is 289 g/mol. The van der Waals surface area contributed by atoms with Crippen molar-refractivity contribution in [1.82, 2.24) is 9.88 Å². The van der Waals surface area contributed by atoms with Gasteiger partial charge in [0.15, 0.2) is 0 Å². The van der Waals surface area contributed by atoms with E-state index >= 15 is 0 Å². The van der Waals surface area contributed by atoms with Gasteiger partial charge in [-0.15, -0.1) is 0 Å². The molecule has 1 N–H and O–H groups in total. The van der Waals surface area contributed by atoms with E-state index in [1.807, 2.05) is 17.0 Å². The molecule has 1 saturated carbocycles. The normalized spacial score (nSPS) is 14.3. The summed E-state index contributed by atoms with van der Waals surface area (Å²) in [6, 6.07) is 4.24. The number of hydrogen-bond donors (Lipinski definition) is 1. The lowest BCUT2D eigenvalue weighted by Gasteiger charge is -2.23. The highest BCUT2D eigenvalue weighted by Gasteiger charge is 2.32. The van der Waals surface area contributed by atoms with Crippen LogP contribution in [0.1, 0.15) is 56.8 Å². The van der Waals surface area contributed by atoms with Crippen molar-refractivity contribution < 1.29 is 4.79 Å². The van der Waals surface area contributed by atoms with E-state index in [2.05, 4.69) is 31.1 Å². The maximum atomic E-state index is 12.6. The number of nitrogens with zero attached hydrogens (tertiary/aromatic N) is 2. The summed E-state index contributed by atoms with van der Waals surface area (Å²) in [6.45, 7) is 8.28. The fourth-order valence-electron chi connectivity index (χ4n) is 2.28. The molecule has 0 atom stereocenters. The van der Waals surface area contributed by atoms with Crippen LogP contribution in [-0.2, 0) is 0 Å². The van der Waals surface area contributed by atoms with Crippen LogP contribution in [0.3, 0.4) is 0 Å². The van der Waals surface area contributed by atoms with Gasteiger partial charge in [-0.1, -0.05) is 20.8 Å². The summed E-state index contributed by atoms with van der Waals surface area (Å²) in [7, 11) is 0. The maximum Gasteiger partial charge on any atom is 0.255 e. The van der Waals surface area contributed by atoms with Crippen LogP contribution in [0.5, 0.6) is 0 Å². The first-order valence-corrected chi connectivity index (χ1v) is 8.12. The molecule has 1 aromatic heterocycles. The molecule has 116 valence electrons. The molecule has 4 nitrogen and oxygen atoms in total. The lowest BCUT2D eigenvalue weighted by Crippen LogP contribution is -2.34. The summed E-state index contributed by atoms with van der Waals surface area (Å²) in [6.07, 6.45) is 6.12. The Bertz CT molecular complexity index is 452. The lowest BCUT2D eigenvalue weighted by atomic mass is 10.1. The van der Waals surface area contributed by atoms with Gasteiger partial charge in [0.05, 0.1) is 5.56 Å². The Balaban J connectivity index is 1.99. The van der Waals surface area contributed by atoms with Crippen molar-refractivity contribution in [1.29, 1.82) is 0 Å². The molecular weight excluding hydrogens is 262 g/mol. The molecule has 1 aliphatic carbocycles. The molecule has 0 saturated heterocycles. The van der Waals surface area contributed by atoms with E-state index in [1.54, 1.807) is 6.20 Å². The van der Waals surface area contributed by atoms with Gasteiger partial charge in [0.2, 0.25) is 0 Å². The van der Waals surface area contributed by atoms with E-state index < -0.39 is 0 Å². The van der Waals surface area contributed by atoms with E-state index in [9.17, 15) is 4.79 Å². The second-order valence-electron chi connectivity index (χ2n) is 6.27. The first kappa shape index (κ1) is 15.8. The van der Waals surface area contributed by atoms with E-state index in [0.717, 1.165) is 44.6 Å². The first-order valence-electron chi connectivity index (χ1n) is 8.12. The van der Waals surface area contributed by atoms with Gasteiger partial charge in [0, 0.05) is 25.3 Å². The summed E-state index contributed by atoms with van der Waals surface area (Å²) in [5, 5.41) is 3.23. The van der Waals surface area contributed by atoms with Crippen molar-refractivity contribution >= 4 is 11.7 Å². The summed E-state index contributed by atoms with van der Waals surface area (Å²) in [5.41, 5.74) is 0.702. The van der Waals surface area contributed by atoms with Crippen LogP contribution in [0.25, 0.3) is 0 Å². The van der Waals surface area contributed by atoms with Gasteiger partial charge < -0.3 is 10.2 Å². The predicted octanol–water partition coefficient (Wildman–Crippen LogP) is 3.55. The molecular formula is C17H27N3O. The molecule has 4 heteroatoms. The summed E-state index contributed by atoms with van der Waals surface area (Å²) in [4.78, 5) is 19.0. The minimum absolute atomic E-state index is 0.132. The molecule has 0 unspecified atom stereocenters. The molecule has 0 bridgehead atoms. The summed E-state index contributed by atoms with van der Waals surface area (Å²) >= 11 is 0. The molecule has 1 amide bonds. The third kappa shape index (κ3) is 4.73. The molecule has 0 spiro atoms. The largest absolute Gasteiger partial charge is 0.370 e. The van der Waals surface area contributed by atoms with Crippen molar-refractivity contribution in [3.63, 3.8) is 0 Å². The number of carbonyl (C=O) groups excluding carboxylic acids is 1. The SMILES string of the molecule is CCCNc1ccc(C(=O)N(CCC(C)C)C2CC2)cn1. The molecule has 2 rings (SSSR count). The molecule has 0 radical (unpaired) electrons. The Labute approximate surface area is 127 Å². The van der Waals surface area contributed by atoms with Crippen molar-refractivity contribution in [2.24, 2.45) is 5.92 Å². The quantitative estimate of drug-likeness (QED) is 0.796. The minimum atomic E-state index is 0.132. The van der Waals surface area contributed by atoms with Crippen LogP contribution in [0.4, 0.5) is 5.82 Å². The zero-order valence-electron chi connectivity index (χ0n) is 13.4. The van der Waals surface area contributed by atoms with Crippen LogP contribution in [0.2, 0.25) is 0 Å². The lowest BCUT2D eigenvalue weighted by molar-refractivity contribution is 0.0735. The third-order valence-corrected chi connectivity index (χ3v) is 3.76.